The van der Waals surface area contributed by atoms with E-state index in [1.807, 2.05) is 0 Å². The summed E-state index contributed by atoms with van der Waals surface area (Å²) < 4.78 is 0. The highest BCUT2D eigenvalue weighted by Crippen LogP contribution is 2.13. The van der Waals surface area contributed by atoms with Gasteiger partial charge in [-0.1, -0.05) is 12.2 Å². The Kier molecular flexibility index (Phi) is 3.25. The smallest absolute Gasteiger partial charge is 0.229 e. The summed E-state index contributed by atoms with van der Waals surface area (Å²) >= 11 is 10.5. The van der Waals surface area contributed by atoms with Gasteiger partial charge in [0.15, 0.2) is 0 Å². The van der Waals surface area contributed by atoms with Crippen molar-refractivity contribution in [3.8, 4) is 0 Å². The van der Waals surface area contributed by atoms with E-state index in [1.165, 1.54) is 0 Å². The van der Waals surface area contributed by atoms with Crippen LogP contribution in [0.5, 0.6) is 0 Å². The van der Waals surface area contributed by atoms with Gasteiger partial charge >= 0.3 is 0 Å². The van der Waals surface area contributed by atoms with Crippen LogP contribution in [0.2, 0.25) is 5.28 Å². The number of nitrogens with one attached hydrogen (secondary N) is 1. The Bertz CT molecular complexity index is 373. The number of hydrogen-bond acceptors (Lipinski definition) is 6. The number of halogens is 1. The highest BCUT2D eigenvalue weighted by Gasteiger charge is 2.22. The second-order valence-corrected chi connectivity index (χ2v) is 4.18. The van der Waals surface area contributed by atoms with Gasteiger partial charge in [-0.15, -0.1) is 0 Å². The van der Waals surface area contributed by atoms with Gasteiger partial charge in [0.25, 0.3) is 0 Å². The Hall–Kier alpha value is -1.21. The maximum Gasteiger partial charge on any atom is 0.229 e. The van der Waals surface area contributed by atoms with Gasteiger partial charge in [0.05, 0.1) is 10.5 Å². The van der Waals surface area contributed by atoms with Crippen LogP contribution in [0.3, 0.4) is 0 Å². The van der Waals surface area contributed by atoms with E-state index in [0.717, 1.165) is 0 Å². The van der Waals surface area contributed by atoms with E-state index >= 15 is 0 Å². The predicted molar refractivity (Wildman–Crippen MR) is 63.7 cm³/mol. The molecule has 0 fully saturated rings. The molecule has 0 bridgehead atoms. The van der Waals surface area contributed by atoms with Gasteiger partial charge in [0.2, 0.25) is 17.2 Å². The largest absolute Gasteiger partial charge is 0.391 e. The molecular weight excluding hydrogens is 236 g/mol. The highest BCUT2D eigenvalue weighted by molar-refractivity contribution is 7.80. The lowest BCUT2D eigenvalue weighted by molar-refractivity contribution is 0.748. The second kappa shape index (κ2) is 4.11. The van der Waals surface area contributed by atoms with Crippen LogP contribution in [0.4, 0.5) is 11.9 Å². The Morgan fingerprint density at radius 2 is 2.00 bits per heavy atom. The Balaban J connectivity index is 2.94. The van der Waals surface area contributed by atoms with Crippen LogP contribution in [0.25, 0.3) is 0 Å². The summed E-state index contributed by atoms with van der Waals surface area (Å²) in [6, 6.07) is 0. The molecule has 1 heterocycles. The molecule has 5 N–H and O–H groups in total. The summed E-state index contributed by atoms with van der Waals surface area (Å²) in [5.74, 6) is 0.279. The van der Waals surface area contributed by atoms with Crippen LogP contribution < -0.4 is 16.8 Å². The fourth-order valence-electron chi connectivity index (χ4n) is 0.762. The minimum absolute atomic E-state index is 0.0174. The summed E-state index contributed by atoms with van der Waals surface area (Å²) in [7, 11) is 0. The van der Waals surface area contributed by atoms with Crippen molar-refractivity contribution in [3.05, 3.63) is 5.28 Å². The Labute approximate surface area is 97.4 Å². The number of anilines is 2. The van der Waals surface area contributed by atoms with E-state index in [9.17, 15) is 0 Å². The normalized spacial score (nSPS) is 11.1. The average molecular weight is 247 g/mol. The Morgan fingerprint density at radius 3 is 2.47 bits per heavy atom. The van der Waals surface area contributed by atoms with Crippen molar-refractivity contribution >= 4 is 40.7 Å². The minimum atomic E-state index is -0.619. The third kappa shape index (κ3) is 3.14. The van der Waals surface area contributed by atoms with Gasteiger partial charge < -0.3 is 16.8 Å². The summed E-state index contributed by atoms with van der Waals surface area (Å²) in [5, 5.41) is 2.92. The standard InChI is InChI=1S/C7H11ClN6S/c1-7(2,3(9)15)14-6-12-4(8)11-5(10)13-6/h1-2H3,(H2,9,15)(H3,10,11,12,13,14). The van der Waals surface area contributed by atoms with Crippen LogP contribution in [0.15, 0.2) is 0 Å². The fraction of sp³-hybridized carbons (Fsp3) is 0.429. The summed E-state index contributed by atoms with van der Waals surface area (Å²) in [5.41, 5.74) is 10.3. The van der Waals surface area contributed by atoms with Gasteiger partial charge in [-0.3, -0.25) is 0 Å². The van der Waals surface area contributed by atoms with Crippen LogP contribution in [-0.2, 0) is 0 Å². The van der Waals surface area contributed by atoms with Crippen molar-refractivity contribution in [2.75, 3.05) is 11.1 Å². The molecule has 0 spiro atoms. The molecule has 6 nitrogen and oxygen atoms in total. The minimum Gasteiger partial charge on any atom is -0.391 e. The van der Waals surface area contributed by atoms with Gasteiger partial charge in [0.1, 0.15) is 0 Å². The molecule has 0 unspecified atom stereocenters. The molecule has 0 saturated heterocycles. The molecule has 0 radical (unpaired) electrons. The number of nitrogen functional groups attached to an aromatic ring is 1. The first kappa shape index (κ1) is 11.9. The molecule has 0 atom stereocenters. The highest BCUT2D eigenvalue weighted by atomic mass is 35.5. The third-order valence-electron chi connectivity index (χ3n) is 1.67. The van der Waals surface area contributed by atoms with Gasteiger partial charge in [-0.05, 0) is 25.4 Å². The topological polar surface area (TPSA) is 103 Å². The lowest BCUT2D eigenvalue weighted by Gasteiger charge is -2.24. The zero-order valence-electron chi connectivity index (χ0n) is 8.28. The molecule has 15 heavy (non-hydrogen) atoms. The number of nitrogens with zero attached hydrogens (tertiary/aromatic N) is 3. The maximum atomic E-state index is 5.61. The van der Waals surface area contributed by atoms with Gasteiger partial charge in [0, 0.05) is 0 Å². The first-order valence-electron chi connectivity index (χ1n) is 4.06. The molecule has 0 aromatic carbocycles. The van der Waals surface area contributed by atoms with Crippen LogP contribution >= 0.6 is 23.8 Å². The van der Waals surface area contributed by atoms with E-state index < -0.39 is 5.54 Å². The van der Waals surface area contributed by atoms with E-state index in [1.54, 1.807) is 13.8 Å². The van der Waals surface area contributed by atoms with Crippen molar-refractivity contribution in [3.63, 3.8) is 0 Å². The van der Waals surface area contributed by atoms with Crippen molar-refractivity contribution in [2.24, 2.45) is 5.73 Å². The molecule has 0 amide bonds. The molecule has 0 aliphatic heterocycles. The predicted octanol–water partition coefficient (Wildman–Crippen LogP) is 0.584. The second-order valence-electron chi connectivity index (χ2n) is 3.40. The van der Waals surface area contributed by atoms with E-state index in [4.69, 9.17) is 35.3 Å². The third-order valence-corrected chi connectivity index (χ3v) is 2.35. The number of nitrogens with two attached hydrogens (primary N) is 2. The molecule has 82 valence electrons. The van der Waals surface area contributed by atoms with Crippen LogP contribution in [0.1, 0.15) is 13.8 Å². The number of rotatable bonds is 3. The monoisotopic (exact) mass is 246 g/mol. The number of thiocarbonyl (C=S) groups is 1. The zero-order chi connectivity index (χ0) is 11.6. The first-order chi connectivity index (χ1) is 6.81. The van der Waals surface area contributed by atoms with Crippen molar-refractivity contribution in [1.29, 1.82) is 0 Å². The first-order valence-corrected chi connectivity index (χ1v) is 4.85. The summed E-state index contributed by atoms with van der Waals surface area (Å²) in [6.45, 7) is 3.59. The van der Waals surface area contributed by atoms with Gasteiger partial charge in [-0.2, -0.15) is 15.0 Å². The molecule has 1 rings (SSSR count). The quantitative estimate of drug-likeness (QED) is 0.671. The molecule has 0 aliphatic carbocycles. The summed E-state index contributed by atoms with van der Waals surface area (Å²) in [6.07, 6.45) is 0. The fourth-order valence-corrected chi connectivity index (χ4v) is 0.980. The van der Waals surface area contributed by atoms with E-state index in [2.05, 4.69) is 20.3 Å². The zero-order valence-corrected chi connectivity index (χ0v) is 9.85. The molecule has 0 aliphatic rings. The molecule has 8 heteroatoms. The molecular formula is C7H11ClN6S. The van der Waals surface area contributed by atoms with Crippen molar-refractivity contribution in [2.45, 2.75) is 19.4 Å². The lowest BCUT2D eigenvalue weighted by Crippen LogP contribution is -2.44. The van der Waals surface area contributed by atoms with Gasteiger partial charge in [-0.25, -0.2) is 0 Å². The molecule has 0 saturated carbocycles. The van der Waals surface area contributed by atoms with E-state index in [0.29, 0.717) is 0 Å². The van der Waals surface area contributed by atoms with E-state index in [-0.39, 0.29) is 22.2 Å². The summed E-state index contributed by atoms with van der Waals surface area (Å²) in [4.78, 5) is 11.6. The van der Waals surface area contributed by atoms with Crippen LogP contribution in [0, 0.1) is 0 Å². The maximum absolute atomic E-state index is 5.61. The molecule has 1 aromatic heterocycles. The van der Waals surface area contributed by atoms with Crippen molar-refractivity contribution in [1.82, 2.24) is 15.0 Å². The number of hydrogen-bond donors (Lipinski definition) is 3. The van der Waals surface area contributed by atoms with Crippen molar-refractivity contribution < 1.29 is 0 Å². The Morgan fingerprint density at radius 1 is 1.40 bits per heavy atom. The average Bonchev–Trinajstić information content (AvgIpc) is 1.99. The lowest BCUT2D eigenvalue weighted by atomic mass is 10.1. The SMILES string of the molecule is CC(C)(Nc1nc(N)nc(Cl)n1)C(N)=S. The molecule has 1 aromatic rings. The van der Waals surface area contributed by atoms with Crippen LogP contribution in [-0.4, -0.2) is 25.5 Å². The number of aromatic nitrogens is 3.